The highest BCUT2D eigenvalue weighted by Crippen LogP contribution is 2.44. The molecular formula is C16H28N2O2SSi. The van der Waals surface area contributed by atoms with Crippen LogP contribution in [0.3, 0.4) is 0 Å². The van der Waals surface area contributed by atoms with Crippen molar-refractivity contribution in [3.8, 4) is 0 Å². The third-order valence-electron chi connectivity index (χ3n) is 4.95. The van der Waals surface area contributed by atoms with E-state index >= 15 is 0 Å². The number of thioether (sulfide) groups is 1. The molecular weight excluding hydrogens is 312 g/mol. The molecule has 2 aliphatic rings. The molecule has 22 heavy (non-hydrogen) atoms. The molecule has 0 aliphatic carbocycles. The van der Waals surface area contributed by atoms with Crippen LogP contribution in [0.15, 0.2) is 16.0 Å². The third-order valence-corrected chi connectivity index (χ3v) is 12.1. The van der Waals surface area contributed by atoms with Crippen LogP contribution >= 0.6 is 11.8 Å². The standard InChI is InChI=1S/C16H28N2O2SSi/c1-10(2)22(11(3)4,12(5)6)20-7-13-8-21-16-14(13)15(19)17-9-18-16/h8-12,14,16H,7H2,1-6H3,(H,17,18,19). The van der Waals surface area contributed by atoms with Crippen molar-refractivity contribution in [2.75, 3.05) is 6.61 Å². The predicted octanol–water partition coefficient (Wildman–Crippen LogP) is 3.91. The van der Waals surface area contributed by atoms with Gasteiger partial charge in [0.25, 0.3) is 0 Å². The van der Waals surface area contributed by atoms with Gasteiger partial charge in [-0.05, 0) is 27.6 Å². The molecule has 4 nitrogen and oxygen atoms in total. The smallest absolute Gasteiger partial charge is 0.235 e. The topological polar surface area (TPSA) is 50.7 Å². The van der Waals surface area contributed by atoms with E-state index < -0.39 is 8.32 Å². The van der Waals surface area contributed by atoms with Gasteiger partial charge in [-0.3, -0.25) is 9.79 Å². The molecule has 2 aliphatic heterocycles. The molecule has 2 atom stereocenters. The van der Waals surface area contributed by atoms with Gasteiger partial charge >= 0.3 is 0 Å². The first-order chi connectivity index (χ1) is 10.3. The van der Waals surface area contributed by atoms with E-state index in [0.717, 1.165) is 5.57 Å². The maximum atomic E-state index is 12.1. The fraction of sp³-hybridized carbons (Fsp3) is 0.750. The SMILES string of the molecule is CC(C)[Si](OCC1=CSC2N=CNC(=O)C12)(C(C)C)C(C)C. The summed E-state index contributed by atoms with van der Waals surface area (Å²) in [4.78, 5) is 16.5. The molecule has 0 saturated carbocycles. The highest BCUT2D eigenvalue weighted by molar-refractivity contribution is 8.03. The summed E-state index contributed by atoms with van der Waals surface area (Å²) in [7, 11) is -1.89. The van der Waals surface area contributed by atoms with Crippen LogP contribution in [0.5, 0.6) is 0 Å². The van der Waals surface area contributed by atoms with E-state index in [0.29, 0.717) is 23.2 Å². The van der Waals surface area contributed by atoms with E-state index in [1.807, 2.05) is 0 Å². The van der Waals surface area contributed by atoms with Gasteiger partial charge in [-0.1, -0.05) is 41.5 Å². The maximum Gasteiger partial charge on any atom is 0.235 e. The number of nitrogens with zero attached hydrogens (tertiary/aromatic N) is 1. The van der Waals surface area contributed by atoms with Crippen LogP contribution in [-0.2, 0) is 9.22 Å². The summed E-state index contributed by atoms with van der Waals surface area (Å²) in [6.45, 7) is 14.3. The fourth-order valence-corrected chi connectivity index (χ4v) is 10.5. The lowest BCUT2D eigenvalue weighted by Gasteiger charge is -2.42. The zero-order valence-electron chi connectivity index (χ0n) is 14.4. The van der Waals surface area contributed by atoms with Crippen molar-refractivity contribution in [2.24, 2.45) is 10.9 Å². The number of fused-ring (bicyclic) bond motifs is 1. The Kier molecular flexibility index (Phi) is 5.56. The Hall–Kier alpha value is -0.593. The number of rotatable bonds is 6. The second kappa shape index (κ2) is 6.89. The molecule has 6 heteroatoms. The third kappa shape index (κ3) is 3.05. The first kappa shape index (κ1) is 17.8. The molecule has 0 saturated heterocycles. The quantitative estimate of drug-likeness (QED) is 0.746. The number of amides is 1. The van der Waals surface area contributed by atoms with Gasteiger partial charge in [0.05, 0.1) is 18.9 Å². The molecule has 2 unspecified atom stereocenters. The maximum absolute atomic E-state index is 12.1. The summed E-state index contributed by atoms with van der Waals surface area (Å²) in [5, 5.41) is 4.80. The first-order valence-corrected chi connectivity index (χ1v) is 11.2. The number of hydrogen-bond donors (Lipinski definition) is 1. The molecule has 2 heterocycles. The summed E-state index contributed by atoms with van der Waals surface area (Å²) < 4.78 is 6.62. The zero-order chi connectivity index (χ0) is 16.5. The van der Waals surface area contributed by atoms with Gasteiger partial charge in [0, 0.05) is 0 Å². The Morgan fingerprint density at radius 2 is 1.82 bits per heavy atom. The van der Waals surface area contributed by atoms with E-state index in [1.165, 1.54) is 6.34 Å². The van der Waals surface area contributed by atoms with Gasteiger partial charge in [0.1, 0.15) is 5.37 Å². The lowest BCUT2D eigenvalue weighted by Crippen LogP contribution is -2.48. The monoisotopic (exact) mass is 340 g/mol. The minimum Gasteiger partial charge on any atom is -0.412 e. The van der Waals surface area contributed by atoms with Gasteiger partial charge in [0.2, 0.25) is 14.2 Å². The number of nitrogens with one attached hydrogen (secondary N) is 1. The number of carbonyl (C=O) groups excluding carboxylic acids is 1. The minimum absolute atomic E-state index is 0.000525. The molecule has 0 aromatic heterocycles. The molecule has 1 amide bonds. The number of hydrogen-bond acceptors (Lipinski definition) is 4. The largest absolute Gasteiger partial charge is 0.412 e. The van der Waals surface area contributed by atoms with E-state index in [-0.39, 0.29) is 17.2 Å². The van der Waals surface area contributed by atoms with Gasteiger partial charge < -0.3 is 9.74 Å². The van der Waals surface area contributed by atoms with Crippen LogP contribution in [0.25, 0.3) is 0 Å². The molecule has 0 spiro atoms. The summed E-state index contributed by atoms with van der Waals surface area (Å²) in [5.41, 5.74) is 2.74. The van der Waals surface area contributed by atoms with Crippen LogP contribution in [0, 0.1) is 5.92 Å². The minimum atomic E-state index is -1.89. The van der Waals surface area contributed by atoms with Gasteiger partial charge in [-0.25, -0.2) is 0 Å². The number of aliphatic imine (C=N–C) groups is 1. The van der Waals surface area contributed by atoms with Gasteiger partial charge in [0.15, 0.2) is 0 Å². The molecule has 1 N–H and O–H groups in total. The van der Waals surface area contributed by atoms with Crippen molar-refractivity contribution in [1.29, 1.82) is 0 Å². The van der Waals surface area contributed by atoms with Crippen molar-refractivity contribution >= 4 is 32.3 Å². The van der Waals surface area contributed by atoms with Crippen LogP contribution in [0.1, 0.15) is 41.5 Å². The summed E-state index contributed by atoms with van der Waals surface area (Å²) in [6, 6.07) is 0. The van der Waals surface area contributed by atoms with Crippen molar-refractivity contribution in [3.05, 3.63) is 11.0 Å². The van der Waals surface area contributed by atoms with Crippen molar-refractivity contribution in [3.63, 3.8) is 0 Å². The van der Waals surface area contributed by atoms with E-state index in [2.05, 4.69) is 57.3 Å². The molecule has 0 fully saturated rings. The van der Waals surface area contributed by atoms with E-state index in [9.17, 15) is 4.79 Å². The molecule has 2 rings (SSSR count). The first-order valence-electron chi connectivity index (χ1n) is 8.11. The zero-order valence-corrected chi connectivity index (χ0v) is 16.2. The van der Waals surface area contributed by atoms with Crippen LogP contribution < -0.4 is 5.32 Å². The van der Waals surface area contributed by atoms with E-state index in [4.69, 9.17) is 4.43 Å². The summed E-state index contributed by atoms with van der Waals surface area (Å²) >= 11 is 1.63. The Labute approximate surface area is 139 Å². The predicted molar refractivity (Wildman–Crippen MR) is 96.6 cm³/mol. The van der Waals surface area contributed by atoms with E-state index in [1.54, 1.807) is 11.8 Å². The molecule has 0 aromatic carbocycles. The Morgan fingerprint density at radius 3 is 2.36 bits per heavy atom. The lowest BCUT2D eigenvalue weighted by molar-refractivity contribution is -0.122. The summed E-state index contributed by atoms with van der Waals surface area (Å²) in [5.74, 6) is -0.112. The van der Waals surface area contributed by atoms with Crippen molar-refractivity contribution in [2.45, 2.75) is 63.5 Å². The number of carbonyl (C=O) groups is 1. The Bertz CT molecular complexity index is 467. The van der Waals surface area contributed by atoms with Crippen molar-refractivity contribution < 1.29 is 9.22 Å². The molecule has 0 bridgehead atoms. The lowest BCUT2D eigenvalue weighted by atomic mass is 10.00. The highest BCUT2D eigenvalue weighted by Gasteiger charge is 2.46. The Morgan fingerprint density at radius 1 is 1.23 bits per heavy atom. The second-order valence-electron chi connectivity index (χ2n) is 7.09. The van der Waals surface area contributed by atoms with Crippen LogP contribution in [-0.4, -0.2) is 32.5 Å². The molecule has 124 valence electrons. The summed E-state index contributed by atoms with van der Waals surface area (Å²) in [6.07, 6.45) is 1.52. The average Bonchev–Trinajstić information content (AvgIpc) is 2.83. The second-order valence-corrected chi connectivity index (χ2v) is 13.5. The molecule has 0 aromatic rings. The van der Waals surface area contributed by atoms with Crippen LogP contribution in [0.4, 0.5) is 0 Å². The normalized spacial score (nSPS) is 25.0. The highest BCUT2D eigenvalue weighted by atomic mass is 32.2. The van der Waals surface area contributed by atoms with Gasteiger partial charge in [-0.15, -0.1) is 11.8 Å². The van der Waals surface area contributed by atoms with Crippen LogP contribution in [0.2, 0.25) is 16.6 Å². The fourth-order valence-electron chi connectivity index (χ4n) is 4.01. The molecule has 0 radical (unpaired) electrons. The average molecular weight is 341 g/mol. The van der Waals surface area contributed by atoms with Crippen molar-refractivity contribution in [1.82, 2.24) is 5.32 Å². The van der Waals surface area contributed by atoms with Gasteiger partial charge in [-0.2, -0.15) is 0 Å². The Balaban J connectivity index is 2.13.